The Balaban J connectivity index is 1.57. The van der Waals surface area contributed by atoms with Gasteiger partial charge in [0.25, 0.3) is 0 Å². The van der Waals surface area contributed by atoms with E-state index in [4.69, 9.17) is 9.15 Å². The average Bonchev–Trinajstić information content (AvgIpc) is 3.17. The lowest BCUT2D eigenvalue weighted by molar-refractivity contribution is 0.0535. The monoisotopic (exact) mass is 343 g/mol. The summed E-state index contributed by atoms with van der Waals surface area (Å²) in [6, 6.07) is 4.37. The van der Waals surface area contributed by atoms with Gasteiger partial charge in [-0.25, -0.2) is 9.59 Å². The van der Waals surface area contributed by atoms with Crippen molar-refractivity contribution < 1.29 is 13.9 Å². The van der Waals surface area contributed by atoms with Crippen molar-refractivity contribution in [3.8, 4) is 0 Å². The summed E-state index contributed by atoms with van der Waals surface area (Å²) >= 11 is 0. The molecule has 0 aliphatic carbocycles. The van der Waals surface area contributed by atoms with Crippen molar-refractivity contribution in [3.63, 3.8) is 0 Å². The highest BCUT2D eigenvalue weighted by atomic mass is 16.5. The van der Waals surface area contributed by atoms with Gasteiger partial charge in [-0.15, -0.1) is 0 Å². The smallest absolute Gasteiger partial charge is 0.416 e. The number of hydrogen-bond acceptors (Lipinski definition) is 6. The molecule has 7 heteroatoms. The topological polar surface area (TPSA) is 87.6 Å². The number of hydrogen-bond donors (Lipinski definition) is 2. The second-order valence-corrected chi connectivity index (χ2v) is 6.77. The lowest BCUT2D eigenvalue weighted by Crippen LogP contribution is -2.51. The van der Waals surface area contributed by atoms with E-state index in [0.717, 1.165) is 24.2 Å². The first-order valence-electron chi connectivity index (χ1n) is 8.47. The molecule has 0 radical (unpaired) electrons. The first-order valence-corrected chi connectivity index (χ1v) is 8.47. The predicted molar refractivity (Wildman–Crippen MR) is 90.2 cm³/mol. The largest absolute Gasteiger partial charge is 0.457 e. The van der Waals surface area contributed by atoms with Gasteiger partial charge in [0.2, 0.25) is 0 Å². The molecule has 0 saturated carbocycles. The van der Waals surface area contributed by atoms with Crippen LogP contribution in [-0.4, -0.2) is 35.0 Å². The zero-order valence-electron chi connectivity index (χ0n) is 14.3. The standard InChI is InChI=1S/C18H21N3O4/c1-10-5-19-16(8-21(10)7-12-6-20-18(23)25-12)13-3-4-14-15(11(13)2)9-24-17(14)22/h3-4,6,10,16,19H,5,7-9H2,1-2H3,(H,20,23)/t10?,16-/m0/s1. The minimum atomic E-state index is -0.423. The van der Waals surface area contributed by atoms with Crippen LogP contribution in [-0.2, 0) is 17.9 Å². The summed E-state index contributed by atoms with van der Waals surface area (Å²) in [5, 5.41) is 3.58. The molecule has 1 fully saturated rings. The number of nitrogens with one attached hydrogen (secondary N) is 2. The highest BCUT2D eigenvalue weighted by Crippen LogP contribution is 2.31. The third-order valence-corrected chi connectivity index (χ3v) is 5.22. The maximum absolute atomic E-state index is 11.7. The fraction of sp³-hybridized carbons (Fsp3) is 0.444. The van der Waals surface area contributed by atoms with Gasteiger partial charge in [-0.3, -0.25) is 9.88 Å². The van der Waals surface area contributed by atoms with E-state index in [-0.39, 0.29) is 12.0 Å². The molecule has 2 atom stereocenters. The average molecular weight is 343 g/mol. The van der Waals surface area contributed by atoms with Gasteiger partial charge in [-0.05, 0) is 31.0 Å². The Morgan fingerprint density at radius 3 is 2.92 bits per heavy atom. The van der Waals surface area contributed by atoms with Crippen molar-refractivity contribution in [2.45, 2.75) is 39.1 Å². The van der Waals surface area contributed by atoms with E-state index in [2.05, 4.69) is 22.1 Å². The molecule has 1 aromatic heterocycles. The summed E-state index contributed by atoms with van der Waals surface area (Å²) in [4.78, 5) is 27.7. The Hall–Kier alpha value is -2.38. The molecule has 1 aromatic carbocycles. The molecule has 25 heavy (non-hydrogen) atoms. The SMILES string of the molecule is Cc1c([C@@H]2CN(Cc3c[nH]c(=O)o3)C(C)CN2)ccc2c1COC2=O. The minimum Gasteiger partial charge on any atom is -0.457 e. The van der Waals surface area contributed by atoms with E-state index in [1.165, 1.54) is 5.56 Å². The predicted octanol–water partition coefficient (Wildman–Crippen LogP) is 1.48. The molecule has 1 saturated heterocycles. The van der Waals surface area contributed by atoms with Gasteiger partial charge in [0, 0.05) is 36.9 Å². The van der Waals surface area contributed by atoms with Crippen LogP contribution in [0.2, 0.25) is 0 Å². The van der Waals surface area contributed by atoms with Crippen LogP contribution in [0, 0.1) is 6.92 Å². The zero-order valence-corrected chi connectivity index (χ0v) is 14.3. The fourth-order valence-electron chi connectivity index (χ4n) is 3.69. The summed E-state index contributed by atoms with van der Waals surface area (Å²) in [5.74, 6) is -0.0189. The Morgan fingerprint density at radius 2 is 2.16 bits per heavy atom. The van der Waals surface area contributed by atoms with E-state index in [0.29, 0.717) is 30.5 Å². The second kappa shape index (κ2) is 6.16. The first kappa shape index (κ1) is 16.1. The number of carbonyl (C=O) groups is 1. The maximum atomic E-state index is 11.7. The molecule has 4 rings (SSSR count). The molecule has 0 amide bonds. The number of nitrogens with zero attached hydrogens (tertiary/aromatic N) is 1. The van der Waals surface area contributed by atoms with Crippen LogP contribution in [0.1, 0.15) is 45.8 Å². The van der Waals surface area contributed by atoms with Crippen LogP contribution in [0.15, 0.2) is 27.5 Å². The Labute approximate surface area is 145 Å². The third-order valence-electron chi connectivity index (χ3n) is 5.22. The number of aromatic nitrogens is 1. The summed E-state index contributed by atoms with van der Waals surface area (Å²) < 4.78 is 10.3. The third kappa shape index (κ3) is 2.89. The van der Waals surface area contributed by atoms with E-state index in [1.54, 1.807) is 6.20 Å². The molecule has 2 aromatic rings. The van der Waals surface area contributed by atoms with Crippen LogP contribution in [0.4, 0.5) is 0 Å². The van der Waals surface area contributed by atoms with Crippen molar-refractivity contribution in [2.75, 3.05) is 13.1 Å². The summed E-state index contributed by atoms with van der Waals surface area (Å²) in [7, 11) is 0. The number of rotatable bonds is 3. The Morgan fingerprint density at radius 1 is 1.32 bits per heavy atom. The quantitative estimate of drug-likeness (QED) is 0.821. The van der Waals surface area contributed by atoms with E-state index >= 15 is 0 Å². The fourth-order valence-corrected chi connectivity index (χ4v) is 3.69. The van der Waals surface area contributed by atoms with Gasteiger partial charge in [0.1, 0.15) is 12.4 Å². The molecule has 2 aliphatic rings. The molecule has 2 N–H and O–H groups in total. The van der Waals surface area contributed by atoms with Crippen LogP contribution >= 0.6 is 0 Å². The van der Waals surface area contributed by atoms with E-state index in [1.807, 2.05) is 19.1 Å². The molecule has 2 aliphatic heterocycles. The molecular formula is C18H21N3O4. The molecule has 1 unspecified atom stereocenters. The van der Waals surface area contributed by atoms with Gasteiger partial charge < -0.3 is 14.5 Å². The minimum absolute atomic E-state index is 0.155. The number of benzene rings is 1. The van der Waals surface area contributed by atoms with Crippen molar-refractivity contribution in [3.05, 3.63) is 56.9 Å². The summed E-state index contributed by atoms with van der Waals surface area (Å²) in [5.41, 5.74) is 3.97. The number of oxazole rings is 1. The number of ether oxygens (including phenoxy) is 1. The number of esters is 1. The number of carbonyl (C=O) groups excluding carboxylic acids is 1. The maximum Gasteiger partial charge on any atom is 0.416 e. The normalized spacial score (nSPS) is 23.5. The highest BCUT2D eigenvalue weighted by molar-refractivity contribution is 5.93. The van der Waals surface area contributed by atoms with Gasteiger partial charge in [-0.1, -0.05) is 6.07 Å². The summed E-state index contributed by atoms with van der Waals surface area (Å²) in [6.45, 7) is 6.77. The Bertz CT molecular complexity index is 869. The van der Waals surface area contributed by atoms with E-state index < -0.39 is 5.76 Å². The van der Waals surface area contributed by atoms with Gasteiger partial charge in [0.15, 0.2) is 0 Å². The Kier molecular flexibility index (Phi) is 3.97. The van der Waals surface area contributed by atoms with Crippen LogP contribution < -0.4 is 11.1 Å². The zero-order chi connectivity index (χ0) is 17.6. The van der Waals surface area contributed by atoms with Crippen molar-refractivity contribution in [1.82, 2.24) is 15.2 Å². The second-order valence-electron chi connectivity index (χ2n) is 6.77. The molecule has 7 nitrogen and oxygen atoms in total. The van der Waals surface area contributed by atoms with Crippen LogP contribution in [0.3, 0.4) is 0 Å². The van der Waals surface area contributed by atoms with Crippen LogP contribution in [0.25, 0.3) is 0 Å². The number of H-pyrrole nitrogens is 1. The lowest BCUT2D eigenvalue weighted by Gasteiger charge is -2.39. The molecule has 132 valence electrons. The van der Waals surface area contributed by atoms with Crippen molar-refractivity contribution in [2.24, 2.45) is 0 Å². The van der Waals surface area contributed by atoms with E-state index in [9.17, 15) is 9.59 Å². The van der Waals surface area contributed by atoms with Crippen LogP contribution in [0.5, 0.6) is 0 Å². The molecule has 3 heterocycles. The number of piperazine rings is 1. The van der Waals surface area contributed by atoms with Gasteiger partial charge >= 0.3 is 11.7 Å². The first-order chi connectivity index (χ1) is 12.0. The molecular weight excluding hydrogens is 322 g/mol. The van der Waals surface area contributed by atoms with Crippen molar-refractivity contribution >= 4 is 5.97 Å². The van der Waals surface area contributed by atoms with Crippen molar-refractivity contribution in [1.29, 1.82) is 0 Å². The van der Waals surface area contributed by atoms with Gasteiger partial charge in [0.05, 0.1) is 12.1 Å². The number of cyclic esters (lactones) is 1. The number of fused-ring (bicyclic) bond motifs is 1. The molecule has 0 spiro atoms. The number of aromatic amines is 1. The van der Waals surface area contributed by atoms with Gasteiger partial charge in [-0.2, -0.15) is 0 Å². The summed E-state index contributed by atoms with van der Waals surface area (Å²) in [6.07, 6.45) is 1.62. The molecule has 0 bridgehead atoms. The highest BCUT2D eigenvalue weighted by Gasteiger charge is 2.30. The lowest BCUT2D eigenvalue weighted by atomic mass is 9.92.